The van der Waals surface area contributed by atoms with E-state index >= 15 is 0 Å². The van der Waals surface area contributed by atoms with Gasteiger partial charge in [-0.25, -0.2) is 4.98 Å². The molecule has 102 valence electrons. The summed E-state index contributed by atoms with van der Waals surface area (Å²) in [4.78, 5) is 13.0. The summed E-state index contributed by atoms with van der Waals surface area (Å²) < 4.78 is 45.0. The van der Waals surface area contributed by atoms with E-state index in [9.17, 15) is 23.3 Å². The standard InChI is InChI=1S/C9H6F3N3O4/c1-18-8-5(2-3-13)7(19-9(10,11)12)6(4-14-8)15(16)17/h4H,2H2,1H3. The zero-order valence-electron chi connectivity index (χ0n) is 9.39. The second kappa shape index (κ2) is 5.38. The number of ether oxygens (including phenoxy) is 2. The Kier molecular flexibility index (Phi) is 4.11. The highest BCUT2D eigenvalue weighted by Gasteiger charge is 2.37. The Morgan fingerprint density at radius 3 is 2.63 bits per heavy atom. The highest BCUT2D eigenvalue weighted by atomic mass is 19.4. The lowest BCUT2D eigenvalue weighted by molar-refractivity contribution is -0.389. The van der Waals surface area contributed by atoms with Crippen LogP contribution in [0, 0.1) is 21.4 Å². The van der Waals surface area contributed by atoms with E-state index in [4.69, 9.17) is 5.26 Å². The van der Waals surface area contributed by atoms with E-state index in [0.29, 0.717) is 6.20 Å². The monoisotopic (exact) mass is 277 g/mol. The van der Waals surface area contributed by atoms with Gasteiger partial charge in [0.25, 0.3) is 0 Å². The average Bonchev–Trinajstić information content (AvgIpc) is 2.29. The van der Waals surface area contributed by atoms with E-state index in [0.717, 1.165) is 7.11 Å². The van der Waals surface area contributed by atoms with Crippen molar-refractivity contribution < 1.29 is 27.6 Å². The van der Waals surface area contributed by atoms with Crippen molar-refractivity contribution in [1.82, 2.24) is 4.98 Å². The number of nitrogens with zero attached hydrogens (tertiary/aromatic N) is 3. The Bertz CT molecular complexity index is 539. The zero-order valence-corrected chi connectivity index (χ0v) is 9.39. The number of methoxy groups -OCH3 is 1. The minimum absolute atomic E-state index is 0.341. The van der Waals surface area contributed by atoms with Crippen LogP contribution in [0.15, 0.2) is 6.20 Å². The fourth-order valence-electron chi connectivity index (χ4n) is 1.28. The van der Waals surface area contributed by atoms with Crippen molar-refractivity contribution in [2.45, 2.75) is 12.8 Å². The van der Waals surface area contributed by atoms with Crippen molar-refractivity contribution in [3.63, 3.8) is 0 Å². The third kappa shape index (κ3) is 3.44. The number of nitriles is 1. The summed E-state index contributed by atoms with van der Waals surface area (Å²) in [5.74, 6) is -1.43. The van der Waals surface area contributed by atoms with E-state index in [1.54, 1.807) is 6.07 Å². The first-order valence-corrected chi connectivity index (χ1v) is 4.63. The average molecular weight is 277 g/mol. The predicted octanol–water partition coefficient (Wildman–Crippen LogP) is 1.96. The molecule has 0 aromatic carbocycles. The van der Waals surface area contributed by atoms with Crippen LogP contribution in [-0.4, -0.2) is 23.4 Å². The van der Waals surface area contributed by atoms with Crippen molar-refractivity contribution in [2.75, 3.05) is 7.11 Å². The summed E-state index contributed by atoms with van der Waals surface area (Å²) in [5.41, 5.74) is -1.43. The van der Waals surface area contributed by atoms with Crippen molar-refractivity contribution in [3.05, 3.63) is 21.9 Å². The lowest BCUT2D eigenvalue weighted by Crippen LogP contribution is -2.19. The molecule has 0 unspecified atom stereocenters. The molecule has 0 saturated carbocycles. The minimum Gasteiger partial charge on any atom is -0.481 e. The molecule has 0 spiro atoms. The maximum absolute atomic E-state index is 12.3. The van der Waals surface area contributed by atoms with E-state index in [1.165, 1.54) is 0 Å². The molecule has 0 bridgehead atoms. The van der Waals surface area contributed by atoms with Crippen LogP contribution in [0.25, 0.3) is 0 Å². The highest BCUT2D eigenvalue weighted by molar-refractivity contribution is 5.55. The molecule has 0 atom stereocenters. The number of nitro groups is 1. The summed E-state index contributed by atoms with van der Waals surface area (Å²) in [6.45, 7) is 0. The van der Waals surface area contributed by atoms with Crippen LogP contribution in [0.2, 0.25) is 0 Å². The second-order valence-corrected chi connectivity index (χ2v) is 3.10. The van der Waals surface area contributed by atoms with Gasteiger partial charge in [0.15, 0.2) is 0 Å². The second-order valence-electron chi connectivity index (χ2n) is 3.10. The molecule has 0 radical (unpaired) electrons. The minimum atomic E-state index is -5.14. The van der Waals surface area contributed by atoms with Gasteiger partial charge in [0, 0.05) is 0 Å². The van der Waals surface area contributed by atoms with Crippen LogP contribution in [0.3, 0.4) is 0 Å². The quantitative estimate of drug-likeness (QED) is 0.616. The van der Waals surface area contributed by atoms with Crippen LogP contribution in [0.5, 0.6) is 11.6 Å². The van der Waals surface area contributed by atoms with Crippen molar-refractivity contribution in [1.29, 1.82) is 5.26 Å². The smallest absolute Gasteiger partial charge is 0.481 e. The van der Waals surface area contributed by atoms with Crippen LogP contribution in [0.1, 0.15) is 5.56 Å². The van der Waals surface area contributed by atoms with Crippen LogP contribution >= 0.6 is 0 Å². The van der Waals surface area contributed by atoms with Gasteiger partial charge in [-0.1, -0.05) is 0 Å². The molecule has 7 nitrogen and oxygen atoms in total. The summed E-state index contributed by atoms with van der Waals surface area (Å²) in [7, 11) is 1.10. The van der Waals surface area contributed by atoms with Gasteiger partial charge in [-0.05, 0) is 0 Å². The maximum Gasteiger partial charge on any atom is 0.573 e. The first-order valence-electron chi connectivity index (χ1n) is 4.63. The van der Waals surface area contributed by atoms with Gasteiger partial charge in [-0.3, -0.25) is 10.1 Å². The SMILES string of the molecule is COc1ncc([N+](=O)[O-])c(OC(F)(F)F)c1CC#N. The zero-order chi connectivity index (χ0) is 14.6. The molecule has 1 heterocycles. The number of aromatic nitrogens is 1. The molecule has 0 N–H and O–H groups in total. The Balaban J connectivity index is 3.49. The normalized spacial score (nSPS) is 10.7. The molecular weight excluding hydrogens is 271 g/mol. The summed E-state index contributed by atoms with van der Waals surface area (Å²) in [5, 5.41) is 19.2. The van der Waals surface area contributed by atoms with E-state index in [2.05, 4.69) is 14.5 Å². The topological polar surface area (TPSA) is 98.3 Å². The predicted molar refractivity (Wildman–Crippen MR) is 53.4 cm³/mol. The Morgan fingerprint density at radius 2 is 2.21 bits per heavy atom. The largest absolute Gasteiger partial charge is 0.573 e. The van der Waals surface area contributed by atoms with Crippen molar-refractivity contribution in [3.8, 4) is 17.7 Å². The number of alkyl halides is 3. The van der Waals surface area contributed by atoms with E-state index < -0.39 is 34.7 Å². The molecule has 1 aromatic heterocycles. The first-order chi connectivity index (χ1) is 8.80. The molecule has 10 heteroatoms. The van der Waals surface area contributed by atoms with Crippen molar-refractivity contribution >= 4 is 5.69 Å². The number of pyridine rings is 1. The van der Waals surface area contributed by atoms with Gasteiger partial charge in [0.1, 0.15) is 6.20 Å². The summed E-state index contributed by atoms with van der Waals surface area (Å²) in [6.07, 6.45) is -5.15. The van der Waals surface area contributed by atoms with Gasteiger partial charge >= 0.3 is 12.0 Å². The fourth-order valence-corrected chi connectivity index (χ4v) is 1.28. The Hall–Kier alpha value is -2.57. The van der Waals surface area contributed by atoms with Crippen molar-refractivity contribution in [2.24, 2.45) is 0 Å². The van der Waals surface area contributed by atoms with Gasteiger partial charge in [-0.2, -0.15) is 5.26 Å². The lowest BCUT2D eigenvalue weighted by atomic mass is 10.1. The lowest BCUT2D eigenvalue weighted by Gasteiger charge is -2.13. The number of rotatable bonds is 4. The molecule has 0 aliphatic rings. The fraction of sp³-hybridized carbons (Fsp3) is 0.333. The van der Waals surface area contributed by atoms with E-state index in [-0.39, 0.29) is 5.88 Å². The van der Waals surface area contributed by atoms with E-state index in [1.807, 2.05) is 0 Å². The summed E-state index contributed by atoms with van der Waals surface area (Å²) >= 11 is 0. The highest BCUT2D eigenvalue weighted by Crippen LogP contribution is 2.38. The number of halogens is 3. The molecule has 1 rings (SSSR count). The van der Waals surface area contributed by atoms with Gasteiger partial charge in [0.05, 0.1) is 30.1 Å². The molecule has 0 saturated heterocycles. The molecule has 19 heavy (non-hydrogen) atoms. The molecule has 0 amide bonds. The number of hydrogen-bond acceptors (Lipinski definition) is 6. The van der Waals surface area contributed by atoms with Crippen LogP contribution < -0.4 is 9.47 Å². The third-order valence-electron chi connectivity index (χ3n) is 1.93. The molecule has 0 aliphatic carbocycles. The molecule has 0 aliphatic heterocycles. The molecule has 0 fully saturated rings. The Labute approximate surface area is 104 Å². The van der Waals surface area contributed by atoms with Gasteiger partial charge in [0.2, 0.25) is 11.6 Å². The summed E-state index contributed by atoms with van der Waals surface area (Å²) in [6, 6.07) is 1.56. The maximum atomic E-state index is 12.3. The van der Waals surface area contributed by atoms with Gasteiger partial charge < -0.3 is 9.47 Å². The third-order valence-corrected chi connectivity index (χ3v) is 1.93. The molecule has 1 aromatic rings. The Morgan fingerprint density at radius 1 is 1.58 bits per heavy atom. The van der Waals surface area contributed by atoms with Gasteiger partial charge in [-0.15, -0.1) is 13.2 Å². The number of hydrogen-bond donors (Lipinski definition) is 0. The van der Waals surface area contributed by atoms with Crippen LogP contribution in [-0.2, 0) is 6.42 Å². The van der Waals surface area contributed by atoms with Crippen LogP contribution in [0.4, 0.5) is 18.9 Å². The molecular formula is C9H6F3N3O4. The first kappa shape index (κ1) is 14.5.